The van der Waals surface area contributed by atoms with Crippen molar-refractivity contribution < 1.29 is 18.7 Å². The second kappa shape index (κ2) is 10.9. The predicted octanol–water partition coefficient (Wildman–Crippen LogP) is 4.09. The Labute approximate surface area is 220 Å². The molecule has 2 aromatic carbocycles. The van der Waals surface area contributed by atoms with Crippen LogP contribution in [0.1, 0.15) is 23.2 Å². The van der Waals surface area contributed by atoms with Crippen molar-refractivity contribution in [3.05, 3.63) is 78.8 Å². The largest absolute Gasteiger partial charge is 0.497 e. The quantitative estimate of drug-likeness (QED) is 0.377. The Morgan fingerprint density at radius 2 is 1.79 bits per heavy atom. The fourth-order valence-corrected chi connectivity index (χ4v) is 4.47. The van der Waals surface area contributed by atoms with E-state index in [1.54, 1.807) is 35.3 Å². The molecule has 1 fully saturated rings. The number of methoxy groups -OCH3 is 2. The summed E-state index contributed by atoms with van der Waals surface area (Å²) in [5.41, 5.74) is 0.625. The molecule has 4 aromatic rings. The van der Waals surface area contributed by atoms with Crippen LogP contribution < -0.4 is 19.7 Å². The number of halogens is 1. The van der Waals surface area contributed by atoms with Crippen molar-refractivity contribution >= 4 is 11.7 Å². The minimum atomic E-state index is -1.51. The summed E-state index contributed by atoms with van der Waals surface area (Å²) in [7, 11) is 3.03. The first-order valence-electron chi connectivity index (χ1n) is 12.3. The van der Waals surface area contributed by atoms with Gasteiger partial charge in [0.05, 0.1) is 26.5 Å². The smallest absolute Gasteiger partial charge is 0.251 e. The highest BCUT2D eigenvalue weighted by atomic mass is 19.1. The number of nitrogens with one attached hydrogen (secondary N) is 1. The van der Waals surface area contributed by atoms with E-state index < -0.39 is 5.67 Å². The fourth-order valence-electron chi connectivity index (χ4n) is 4.47. The summed E-state index contributed by atoms with van der Waals surface area (Å²) in [6, 6.07) is 16.4. The van der Waals surface area contributed by atoms with Gasteiger partial charge in [-0.25, -0.2) is 19.0 Å². The molecular formula is C28H29FN6O3. The number of benzene rings is 2. The highest BCUT2D eigenvalue weighted by molar-refractivity contribution is 5.95. The Balaban J connectivity index is 1.22. The summed E-state index contributed by atoms with van der Waals surface area (Å²) in [6.07, 6.45) is 5.86. The molecule has 0 atom stereocenters. The molecule has 38 heavy (non-hydrogen) atoms. The number of rotatable bonds is 8. The van der Waals surface area contributed by atoms with E-state index >= 15 is 4.39 Å². The van der Waals surface area contributed by atoms with Gasteiger partial charge >= 0.3 is 0 Å². The first kappa shape index (κ1) is 25.2. The number of ether oxygens (including phenoxy) is 2. The maximum absolute atomic E-state index is 15.6. The van der Waals surface area contributed by atoms with Crippen LogP contribution in [0.2, 0.25) is 0 Å². The molecule has 1 N–H and O–H groups in total. The third kappa shape index (κ3) is 5.59. The summed E-state index contributed by atoms with van der Waals surface area (Å²) < 4.78 is 27.8. The molecule has 3 heterocycles. The molecule has 5 rings (SSSR count). The Morgan fingerprint density at radius 1 is 1.03 bits per heavy atom. The number of nitrogens with zero attached hydrogens (tertiary/aromatic N) is 5. The predicted molar refractivity (Wildman–Crippen MR) is 142 cm³/mol. The van der Waals surface area contributed by atoms with Gasteiger partial charge in [-0.15, -0.1) is 0 Å². The van der Waals surface area contributed by atoms with Gasteiger partial charge in [0.15, 0.2) is 5.82 Å². The maximum atomic E-state index is 15.6. The van der Waals surface area contributed by atoms with E-state index in [2.05, 4.69) is 20.3 Å². The highest BCUT2D eigenvalue weighted by Crippen LogP contribution is 2.30. The average molecular weight is 517 g/mol. The van der Waals surface area contributed by atoms with E-state index in [4.69, 9.17) is 14.5 Å². The number of anilines is 1. The fraction of sp³-hybridized carbons (Fsp3) is 0.286. The van der Waals surface area contributed by atoms with Crippen molar-refractivity contribution in [1.82, 2.24) is 25.1 Å². The van der Waals surface area contributed by atoms with Crippen LogP contribution in [-0.4, -0.2) is 65.2 Å². The number of hydrogen-bond acceptors (Lipinski definition) is 7. The molecule has 1 aliphatic heterocycles. The summed E-state index contributed by atoms with van der Waals surface area (Å²) in [5, 5.41) is 7.02. The normalized spacial score (nSPS) is 14.7. The van der Waals surface area contributed by atoms with Crippen LogP contribution in [-0.2, 0) is 0 Å². The van der Waals surface area contributed by atoms with Gasteiger partial charge < -0.3 is 19.7 Å². The zero-order chi connectivity index (χ0) is 26.5. The SMILES string of the molecule is COc1cc(OC)cc(C(=O)NCC2(F)CCN(c3ccnc(-c4cccc(-n5cccn5)c4)n3)CC2)c1. The average Bonchev–Trinajstić information content (AvgIpc) is 3.51. The van der Waals surface area contributed by atoms with Crippen molar-refractivity contribution in [2.75, 3.05) is 38.8 Å². The lowest BCUT2D eigenvalue weighted by Crippen LogP contribution is -2.48. The van der Waals surface area contributed by atoms with Crippen molar-refractivity contribution in [3.63, 3.8) is 0 Å². The van der Waals surface area contributed by atoms with Crippen LogP contribution >= 0.6 is 0 Å². The Kier molecular flexibility index (Phi) is 7.21. The monoisotopic (exact) mass is 516 g/mol. The zero-order valence-electron chi connectivity index (χ0n) is 21.3. The molecule has 2 aromatic heterocycles. The number of aromatic nitrogens is 4. The molecule has 0 spiro atoms. The third-order valence-electron chi connectivity index (χ3n) is 6.68. The van der Waals surface area contributed by atoms with Crippen molar-refractivity contribution in [3.8, 4) is 28.6 Å². The Morgan fingerprint density at radius 3 is 2.47 bits per heavy atom. The summed E-state index contributed by atoms with van der Waals surface area (Å²) in [6.45, 7) is 0.876. The molecule has 1 amide bonds. The van der Waals surface area contributed by atoms with E-state index in [0.29, 0.717) is 36.0 Å². The van der Waals surface area contributed by atoms with Crippen LogP contribution in [0.4, 0.5) is 10.2 Å². The van der Waals surface area contributed by atoms with Crippen LogP contribution in [0.5, 0.6) is 11.5 Å². The molecule has 0 aliphatic carbocycles. The summed E-state index contributed by atoms with van der Waals surface area (Å²) in [5.74, 6) is 1.95. The highest BCUT2D eigenvalue weighted by Gasteiger charge is 2.35. The summed E-state index contributed by atoms with van der Waals surface area (Å²) >= 11 is 0. The second-order valence-corrected chi connectivity index (χ2v) is 9.16. The molecule has 0 saturated carbocycles. The van der Waals surface area contributed by atoms with Crippen molar-refractivity contribution in [2.45, 2.75) is 18.5 Å². The molecule has 10 heteroatoms. The lowest BCUT2D eigenvalue weighted by Gasteiger charge is -2.37. The van der Waals surface area contributed by atoms with E-state index in [-0.39, 0.29) is 25.3 Å². The Bertz CT molecular complexity index is 1380. The maximum Gasteiger partial charge on any atom is 0.251 e. The second-order valence-electron chi connectivity index (χ2n) is 9.16. The van der Waals surface area contributed by atoms with Gasteiger partial charge in [0, 0.05) is 61.7 Å². The number of amides is 1. The van der Waals surface area contributed by atoms with Crippen LogP contribution in [0, 0.1) is 0 Å². The number of alkyl halides is 1. The molecule has 196 valence electrons. The molecule has 0 bridgehead atoms. The van der Waals surface area contributed by atoms with E-state index in [0.717, 1.165) is 17.1 Å². The van der Waals surface area contributed by atoms with Crippen molar-refractivity contribution in [2.24, 2.45) is 0 Å². The lowest BCUT2D eigenvalue weighted by molar-refractivity contribution is 0.0854. The number of hydrogen-bond donors (Lipinski definition) is 1. The van der Waals surface area contributed by atoms with Crippen LogP contribution in [0.3, 0.4) is 0 Å². The third-order valence-corrected chi connectivity index (χ3v) is 6.68. The summed E-state index contributed by atoms with van der Waals surface area (Å²) in [4.78, 5) is 24.0. The number of carbonyl (C=O) groups excluding carboxylic acids is 1. The lowest BCUT2D eigenvalue weighted by atomic mass is 9.93. The molecular weight excluding hydrogens is 487 g/mol. The van der Waals surface area contributed by atoms with Gasteiger partial charge in [-0.2, -0.15) is 5.10 Å². The zero-order valence-corrected chi connectivity index (χ0v) is 21.3. The van der Waals surface area contributed by atoms with Gasteiger partial charge in [0.1, 0.15) is 23.0 Å². The number of carbonyl (C=O) groups is 1. The Hall–Kier alpha value is -4.47. The van der Waals surface area contributed by atoms with Crippen LogP contribution in [0.25, 0.3) is 17.1 Å². The van der Waals surface area contributed by atoms with Crippen molar-refractivity contribution in [1.29, 1.82) is 0 Å². The van der Waals surface area contributed by atoms with E-state index in [1.165, 1.54) is 14.2 Å². The standard InChI is InChI=1S/C28H29FN6O3/c1-37-23-16-21(17-24(18-23)38-2)27(36)31-19-28(29)8-13-34(14-9-28)25-7-11-30-26(33-25)20-5-3-6-22(15-20)35-12-4-10-32-35/h3-7,10-12,15-18H,8-9,13-14,19H2,1-2H3,(H,31,36). The molecule has 0 radical (unpaired) electrons. The van der Waals surface area contributed by atoms with E-state index in [9.17, 15) is 4.79 Å². The topological polar surface area (TPSA) is 94.4 Å². The number of piperidine rings is 1. The minimum Gasteiger partial charge on any atom is -0.497 e. The molecule has 9 nitrogen and oxygen atoms in total. The first-order valence-corrected chi connectivity index (χ1v) is 12.3. The molecule has 1 aliphatic rings. The van der Waals surface area contributed by atoms with Gasteiger partial charge in [-0.3, -0.25) is 4.79 Å². The van der Waals surface area contributed by atoms with Gasteiger partial charge in [-0.1, -0.05) is 12.1 Å². The minimum absolute atomic E-state index is 0.0750. The van der Waals surface area contributed by atoms with Gasteiger partial charge in [0.25, 0.3) is 5.91 Å². The van der Waals surface area contributed by atoms with Gasteiger partial charge in [0.2, 0.25) is 0 Å². The molecule has 0 unspecified atom stereocenters. The first-order chi connectivity index (χ1) is 18.5. The van der Waals surface area contributed by atoms with Gasteiger partial charge in [-0.05, 0) is 36.4 Å². The van der Waals surface area contributed by atoms with Crippen LogP contribution in [0.15, 0.2) is 73.2 Å². The van der Waals surface area contributed by atoms with E-state index in [1.807, 2.05) is 42.6 Å². The molecule has 1 saturated heterocycles.